The van der Waals surface area contributed by atoms with E-state index in [1.165, 1.54) is 11.3 Å². The topological polar surface area (TPSA) is 66.4 Å². The zero-order chi connectivity index (χ0) is 11.5. The fourth-order valence-corrected chi connectivity index (χ4v) is 2.22. The van der Waals surface area contributed by atoms with E-state index >= 15 is 0 Å². The smallest absolute Gasteiger partial charge is 0.345 e. The van der Waals surface area contributed by atoms with Crippen molar-refractivity contribution in [3.63, 3.8) is 0 Å². The summed E-state index contributed by atoms with van der Waals surface area (Å²) in [5.74, 6) is -0.272. The molecule has 1 amide bonds. The number of nitrogens with one attached hydrogen (secondary N) is 1. The lowest BCUT2D eigenvalue weighted by Gasteiger charge is -2.01. The van der Waals surface area contributed by atoms with E-state index in [9.17, 15) is 9.59 Å². The third-order valence-electron chi connectivity index (χ3n) is 2.50. The van der Waals surface area contributed by atoms with Gasteiger partial charge >= 0.3 is 5.97 Å². The number of hydrogen-bond acceptors (Lipinski definition) is 3. The van der Waals surface area contributed by atoms with Crippen molar-refractivity contribution in [2.75, 3.05) is 0 Å². The molecule has 1 aromatic rings. The molecule has 1 aliphatic rings. The van der Waals surface area contributed by atoms with E-state index < -0.39 is 5.97 Å². The predicted octanol–water partition coefficient (Wildman–Crippen LogP) is 1.86. The lowest BCUT2D eigenvalue weighted by Crippen LogP contribution is -2.22. The molecule has 4 nitrogen and oxygen atoms in total. The highest BCUT2D eigenvalue weighted by molar-refractivity contribution is 7.13. The van der Waals surface area contributed by atoms with Crippen LogP contribution in [0.1, 0.15) is 33.8 Å². The second-order valence-corrected chi connectivity index (χ2v) is 5.16. The molecule has 0 saturated heterocycles. The summed E-state index contributed by atoms with van der Waals surface area (Å²) >= 11 is 1.20. The molecule has 16 heavy (non-hydrogen) atoms. The van der Waals surface area contributed by atoms with Crippen LogP contribution in [0.3, 0.4) is 0 Å². The second-order valence-electron chi connectivity index (χ2n) is 4.00. The van der Waals surface area contributed by atoms with E-state index in [1.54, 1.807) is 12.1 Å². The SMILES string of the molecule is O=C(CC1CC1)NCc1ccc(C(=O)O)s1. The molecule has 86 valence electrons. The maximum atomic E-state index is 11.4. The van der Waals surface area contributed by atoms with Crippen LogP contribution in [0, 0.1) is 5.92 Å². The Balaban J connectivity index is 1.79. The zero-order valence-corrected chi connectivity index (χ0v) is 9.55. The quantitative estimate of drug-likeness (QED) is 0.824. The third kappa shape index (κ3) is 3.06. The fourth-order valence-electron chi connectivity index (χ4n) is 1.43. The maximum Gasteiger partial charge on any atom is 0.345 e. The van der Waals surface area contributed by atoms with Gasteiger partial charge in [0.25, 0.3) is 0 Å². The summed E-state index contributed by atoms with van der Waals surface area (Å²) in [6.45, 7) is 0.434. The molecule has 2 N–H and O–H groups in total. The van der Waals surface area contributed by atoms with Gasteiger partial charge in [-0.25, -0.2) is 4.79 Å². The van der Waals surface area contributed by atoms with E-state index in [4.69, 9.17) is 5.11 Å². The van der Waals surface area contributed by atoms with Gasteiger partial charge in [-0.2, -0.15) is 0 Å². The van der Waals surface area contributed by atoms with Crippen molar-refractivity contribution in [3.8, 4) is 0 Å². The molecule has 0 radical (unpaired) electrons. The molecule has 1 heterocycles. The van der Waals surface area contributed by atoms with Gasteiger partial charge in [0.1, 0.15) is 4.88 Å². The molecule has 0 atom stereocenters. The number of carbonyl (C=O) groups is 2. The molecule has 0 aromatic carbocycles. The summed E-state index contributed by atoms with van der Waals surface area (Å²) in [5.41, 5.74) is 0. The van der Waals surface area contributed by atoms with Crippen LogP contribution in [-0.4, -0.2) is 17.0 Å². The first-order valence-electron chi connectivity index (χ1n) is 5.24. The number of amides is 1. The Kier molecular flexibility index (Phi) is 3.24. The number of aromatic carboxylic acids is 1. The van der Waals surface area contributed by atoms with E-state index in [2.05, 4.69) is 5.32 Å². The normalized spacial score (nSPS) is 14.8. The highest BCUT2D eigenvalue weighted by Crippen LogP contribution is 2.32. The standard InChI is InChI=1S/C11H13NO3S/c13-10(5-7-1-2-7)12-6-8-3-4-9(16-8)11(14)15/h3-4,7H,1-2,5-6H2,(H,12,13)(H,14,15). The van der Waals surface area contributed by atoms with Crippen molar-refractivity contribution >= 4 is 23.2 Å². The average molecular weight is 239 g/mol. The monoisotopic (exact) mass is 239 g/mol. The summed E-state index contributed by atoms with van der Waals surface area (Å²) in [5, 5.41) is 11.5. The number of rotatable bonds is 5. The second kappa shape index (κ2) is 4.65. The Hall–Kier alpha value is -1.36. The number of thiophene rings is 1. The van der Waals surface area contributed by atoms with Gasteiger partial charge in [0.05, 0.1) is 6.54 Å². The van der Waals surface area contributed by atoms with Gasteiger partial charge in [-0.1, -0.05) is 0 Å². The first kappa shape index (κ1) is 11.1. The Morgan fingerprint density at radius 1 is 1.44 bits per heavy atom. The van der Waals surface area contributed by atoms with Crippen molar-refractivity contribution in [1.82, 2.24) is 5.32 Å². The molecule has 1 fully saturated rings. The molecule has 0 unspecified atom stereocenters. The van der Waals surface area contributed by atoms with E-state index in [0.717, 1.165) is 17.7 Å². The van der Waals surface area contributed by atoms with Gasteiger partial charge < -0.3 is 10.4 Å². The minimum atomic E-state index is -0.916. The van der Waals surface area contributed by atoms with E-state index in [1.807, 2.05) is 0 Å². The number of carbonyl (C=O) groups excluding carboxylic acids is 1. The Labute approximate surface area is 97.3 Å². The van der Waals surface area contributed by atoms with Crippen LogP contribution in [-0.2, 0) is 11.3 Å². The summed E-state index contributed by atoms with van der Waals surface area (Å²) in [7, 11) is 0. The number of carboxylic acids is 1. The molecule has 5 heteroatoms. The minimum absolute atomic E-state index is 0.0628. The van der Waals surface area contributed by atoms with Gasteiger partial charge in [-0.05, 0) is 30.9 Å². The fraction of sp³-hybridized carbons (Fsp3) is 0.455. The lowest BCUT2D eigenvalue weighted by molar-refractivity contribution is -0.121. The summed E-state index contributed by atoms with van der Waals surface area (Å²) < 4.78 is 0. The molecule has 1 aromatic heterocycles. The molecule has 1 aliphatic carbocycles. The lowest BCUT2D eigenvalue weighted by atomic mass is 10.3. The molecule has 0 spiro atoms. The maximum absolute atomic E-state index is 11.4. The molecular formula is C11H13NO3S. The summed E-state index contributed by atoms with van der Waals surface area (Å²) in [6.07, 6.45) is 2.93. The van der Waals surface area contributed by atoms with Crippen molar-refractivity contribution in [1.29, 1.82) is 0 Å². The van der Waals surface area contributed by atoms with Gasteiger partial charge in [0.2, 0.25) is 5.91 Å². The van der Waals surface area contributed by atoms with Crippen LogP contribution in [0.5, 0.6) is 0 Å². The molecule has 0 bridgehead atoms. The van der Waals surface area contributed by atoms with Gasteiger partial charge in [0.15, 0.2) is 0 Å². The molecular weight excluding hydrogens is 226 g/mol. The molecule has 2 rings (SSSR count). The Bertz CT molecular complexity index is 409. The highest BCUT2D eigenvalue weighted by Gasteiger charge is 2.24. The average Bonchev–Trinajstić information content (AvgIpc) is 2.91. The highest BCUT2D eigenvalue weighted by atomic mass is 32.1. The Morgan fingerprint density at radius 3 is 2.75 bits per heavy atom. The van der Waals surface area contributed by atoms with Crippen LogP contribution in [0.25, 0.3) is 0 Å². The zero-order valence-electron chi connectivity index (χ0n) is 8.73. The van der Waals surface area contributed by atoms with Gasteiger partial charge in [-0.15, -0.1) is 11.3 Å². The first-order valence-corrected chi connectivity index (χ1v) is 6.05. The minimum Gasteiger partial charge on any atom is -0.477 e. The van der Waals surface area contributed by atoms with E-state index in [0.29, 0.717) is 23.8 Å². The van der Waals surface area contributed by atoms with Crippen molar-refractivity contribution in [2.24, 2.45) is 5.92 Å². The van der Waals surface area contributed by atoms with Crippen LogP contribution in [0.2, 0.25) is 0 Å². The van der Waals surface area contributed by atoms with Crippen LogP contribution >= 0.6 is 11.3 Å². The number of carboxylic acid groups (broad SMARTS) is 1. The van der Waals surface area contributed by atoms with Crippen LogP contribution in [0.4, 0.5) is 0 Å². The molecule has 1 saturated carbocycles. The summed E-state index contributed by atoms with van der Waals surface area (Å²) in [4.78, 5) is 23.2. The van der Waals surface area contributed by atoms with Crippen LogP contribution in [0.15, 0.2) is 12.1 Å². The van der Waals surface area contributed by atoms with Gasteiger partial charge in [0, 0.05) is 11.3 Å². The van der Waals surface area contributed by atoms with E-state index in [-0.39, 0.29) is 5.91 Å². The molecule has 0 aliphatic heterocycles. The van der Waals surface area contributed by atoms with Gasteiger partial charge in [-0.3, -0.25) is 4.79 Å². The first-order chi connectivity index (χ1) is 7.65. The number of hydrogen-bond donors (Lipinski definition) is 2. The summed E-state index contributed by atoms with van der Waals surface area (Å²) in [6, 6.07) is 3.31. The Morgan fingerprint density at radius 2 is 2.19 bits per heavy atom. The van der Waals surface area contributed by atoms with Crippen molar-refractivity contribution in [2.45, 2.75) is 25.8 Å². The van der Waals surface area contributed by atoms with Crippen molar-refractivity contribution in [3.05, 3.63) is 21.9 Å². The van der Waals surface area contributed by atoms with Crippen LogP contribution < -0.4 is 5.32 Å². The van der Waals surface area contributed by atoms with Crippen molar-refractivity contribution < 1.29 is 14.7 Å². The third-order valence-corrected chi connectivity index (χ3v) is 3.58. The predicted molar refractivity (Wildman–Crippen MR) is 60.5 cm³/mol. The largest absolute Gasteiger partial charge is 0.477 e.